The zero-order chi connectivity index (χ0) is 13.3. The summed E-state index contributed by atoms with van der Waals surface area (Å²) in [5.41, 5.74) is 7.46. The third-order valence-electron chi connectivity index (χ3n) is 2.95. The largest absolute Gasteiger partial charge is 0.320 e. The van der Waals surface area contributed by atoms with Gasteiger partial charge in [-0.1, -0.05) is 42.3 Å². The Balaban J connectivity index is 2.45. The van der Waals surface area contributed by atoms with Crippen LogP contribution in [-0.4, -0.2) is 4.98 Å². The number of thiazole rings is 1. The lowest BCUT2D eigenvalue weighted by atomic mass is 10.0. The first-order valence-corrected chi connectivity index (χ1v) is 7.28. The second-order valence-corrected chi connectivity index (χ2v) is 6.05. The van der Waals surface area contributed by atoms with Gasteiger partial charge in [-0.2, -0.15) is 0 Å². The third-order valence-corrected chi connectivity index (χ3v) is 4.90. The van der Waals surface area contributed by atoms with E-state index in [2.05, 4.69) is 4.98 Å². The molecule has 1 aromatic carbocycles. The molecule has 0 radical (unpaired) electrons. The van der Waals surface area contributed by atoms with Gasteiger partial charge in [0.1, 0.15) is 5.01 Å². The van der Waals surface area contributed by atoms with Crippen LogP contribution in [0.2, 0.25) is 10.0 Å². The Bertz CT molecular complexity index is 564. The van der Waals surface area contributed by atoms with Crippen LogP contribution in [0.5, 0.6) is 0 Å². The van der Waals surface area contributed by atoms with Gasteiger partial charge in [-0.25, -0.2) is 4.98 Å². The maximum absolute atomic E-state index is 6.19. The smallest absolute Gasteiger partial charge is 0.113 e. The summed E-state index contributed by atoms with van der Waals surface area (Å²) < 4.78 is 0. The first-order valence-electron chi connectivity index (χ1n) is 5.65. The molecule has 0 aliphatic rings. The molecule has 0 amide bonds. The molecule has 2 rings (SSSR count). The molecule has 2 nitrogen and oxygen atoms in total. The van der Waals surface area contributed by atoms with E-state index in [9.17, 15) is 0 Å². The van der Waals surface area contributed by atoms with E-state index in [0.29, 0.717) is 10.0 Å². The van der Waals surface area contributed by atoms with Crippen LogP contribution in [0.25, 0.3) is 11.3 Å². The van der Waals surface area contributed by atoms with Gasteiger partial charge in [0, 0.05) is 10.9 Å². The SMILES string of the molecule is CCC(C)(N)c1nc(-c2cccc(Cl)c2Cl)cs1. The van der Waals surface area contributed by atoms with Crippen LogP contribution >= 0.6 is 34.5 Å². The molecular formula is C13H14Cl2N2S. The minimum Gasteiger partial charge on any atom is -0.320 e. The number of halogens is 2. The van der Waals surface area contributed by atoms with Crippen LogP contribution in [0.4, 0.5) is 0 Å². The van der Waals surface area contributed by atoms with E-state index in [0.717, 1.165) is 22.7 Å². The van der Waals surface area contributed by atoms with Crippen molar-refractivity contribution in [2.75, 3.05) is 0 Å². The molecule has 0 bridgehead atoms. The van der Waals surface area contributed by atoms with E-state index in [-0.39, 0.29) is 0 Å². The van der Waals surface area contributed by atoms with Crippen LogP contribution in [0.1, 0.15) is 25.3 Å². The van der Waals surface area contributed by atoms with Gasteiger partial charge in [-0.3, -0.25) is 0 Å². The van der Waals surface area contributed by atoms with Gasteiger partial charge < -0.3 is 5.73 Å². The fourth-order valence-corrected chi connectivity index (χ4v) is 2.88. The van der Waals surface area contributed by atoms with Gasteiger partial charge in [0.05, 0.1) is 21.3 Å². The molecule has 0 aliphatic heterocycles. The number of nitrogens with two attached hydrogens (primary N) is 1. The standard InChI is InChI=1S/C13H14Cl2N2S/c1-3-13(2,16)12-17-10(7-18-12)8-5-4-6-9(14)11(8)15/h4-7H,3,16H2,1-2H3. The number of hydrogen-bond donors (Lipinski definition) is 1. The Labute approximate surface area is 121 Å². The topological polar surface area (TPSA) is 38.9 Å². The van der Waals surface area contributed by atoms with Crippen LogP contribution in [0.3, 0.4) is 0 Å². The molecule has 0 fully saturated rings. The molecule has 1 atom stereocenters. The molecular weight excluding hydrogens is 287 g/mol. The van der Waals surface area contributed by atoms with Crippen molar-refractivity contribution < 1.29 is 0 Å². The Morgan fingerprint density at radius 1 is 1.39 bits per heavy atom. The number of nitrogens with zero attached hydrogens (tertiary/aromatic N) is 1. The third kappa shape index (κ3) is 2.54. The highest BCUT2D eigenvalue weighted by molar-refractivity contribution is 7.10. The lowest BCUT2D eigenvalue weighted by Gasteiger charge is -2.18. The van der Waals surface area contributed by atoms with Gasteiger partial charge in [-0.05, 0) is 19.4 Å². The van der Waals surface area contributed by atoms with Crippen LogP contribution < -0.4 is 5.73 Å². The molecule has 0 saturated heterocycles. The van der Waals surface area contributed by atoms with Gasteiger partial charge in [-0.15, -0.1) is 11.3 Å². The van der Waals surface area contributed by atoms with E-state index < -0.39 is 5.54 Å². The summed E-state index contributed by atoms with van der Waals surface area (Å²) in [6, 6.07) is 5.54. The van der Waals surface area contributed by atoms with Crippen molar-refractivity contribution in [3.63, 3.8) is 0 Å². The fraction of sp³-hybridized carbons (Fsp3) is 0.308. The van der Waals surface area contributed by atoms with Crippen LogP contribution in [0.15, 0.2) is 23.6 Å². The number of aromatic nitrogens is 1. The fourth-order valence-electron chi connectivity index (χ4n) is 1.51. The summed E-state index contributed by atoms with van der Waals surface area (Å²) in [4.78, 5) is 4.58. The zero-order valence-corrected chi connectivity index (χ0v) is 12.5. The minimum atomic E-state index is -0.395. The van der Waals surface area contributed by atoms with Gasteiger partial charge >= 0.3 is 0 Å². The zero-order valence-electron chi connectivity index (χ0n) is 10.2. The average Bonchev–Trinajstić information content (AvgIpc) is 2.82. The summed E-state index contributed by atoms with van der Waals surface area (Å²) in [7, 11) is 0. The van der Waals surface area contributed by atoms with Crippen LogP contribution in [0, 0.1) is 0 Å². The van der Waals surface area contributed by atoms with Gasteiger partial charge in [0.25, 0.3) is 0 Å². The molecule has 1 unspecified atom stereocenters. The first-order chi connectivity index (χ1) is 8.45. The lowest BCUT2D eigenvalue weighted by molar-refractivity contribution is 0.474. The highest BCUT2D eigenvalue weighted by atomic mass is 35.5. The van der Waals surface area contributed by atoms with Crippen molar-refractivity contribution in [3.8, 4) is 11.3 Å². The Hall–Kier alpha value is -0.610. The Kier molecular flexibility index (Phi) is 3.97. The molecule has 18 heavy (non-hydrogen) atoms. The minimum absolute atomic E-state index is 0.395. The molecule has 0 aliphatic carbocycles. The van der Waals surface area contributed by atoms with E-state index in [4.69, 9.17) is 28.9 Å². The predicted molar refractivity (Wildman–Crippen MR) is 79.4 cm³/mol. The summed E-state index contributed by atoms with van der Waals surface area (Å²) in [6.45, 7) is 4.03. The highest BCUT2D eigenvalue weighted by Gasteiger charge is 2.23. The molecule has 1 aromatic heterocycles. The van der Waals surface area contributed by atoms with Crippen molar-refractivity contribution in [1.82, 2.24) is 4.98 Å². The van der Waals surface area contributed by atoms with Crippen molar-refractivity contribution in [3.05, 3.63) is 38.6 Å². The normalized spacial score (nSPS) is 14.5. The van der Waals surface area contributed by atoms with Gasteiger partial charge in [0.2, 0.25) is 0 Å². The lowest BCUT2D eigenvalue weighted by Crippen LogP contribution is -2.31. The second-order valence-electron chi connectivity index (χ2n) is 4.41. The second kappa shape index (κ2) is 5.17. The molecule has 2 aromatic rings. The van der Waals surface area contributed by atoms with Crippen LogP contribution in [-0.2, 0) is 5.54 Å². The summed E-state index contributed by atoms with van der Waals surface area (Å²) in [5, 5.41) is 3.95. The Morgan fingerprint density at radius 3 is 2.78 bits per heavy atom. The average molecular weight is 301 g/mol. The van der Waals surface area contributed by atoms with E-state index in [1.54, 1.807) is 17.4 Å². The molecule has 2 N–H and O–H groups in total. The van der Waals surface area contributed by atoms with Crippen molar-refractivity contribution in [2.24, 2.45) is 5.73 Å². The number of rotatable bonds is 3. The maximum Gasteiger partial charge on any atom is 0.113 e. The summed E-state index contributed by atoms with van der Waals surface area (Å²) >= 11 is 13.7. The van der Waals surface area contributed by atoms with Crippen molar-refractivity contribution in [2.45, 2.75) is 25.8 Å². The monoisotopic (exact) mass is 300 g/mol. The summed E-state index contributed by atoms with van der Waals surface area (Å²) in [6.07, 6.45) is 0.837. The molecule has 0 saturated carbocycles. The van der Waals surface area contributed by atoms with Gasteiger partial charge in [0.15, 0.2) is 0 Å². The summed E-state index contributed by atoms with van der Waals surface area (Å²) in [5.74, 6) is 0. The quantitative estimate of drug-likeness (QED) is 0.892. The molecule has 5 heteroatoms. The highest BCUT2D eigenvalue weighted by Crippen LogP contribution is 2.35. The van der Waals surface area contributed by atoms with Crippen molar-refractivity contribution >= 4 is 34.5 Å². The van der Waals surface area contributed by atoms with E-state index >= 15 is 0 Å². The van der Waals surface area contributed by atoms with Crippen molar-refractivity contribution in [1.29, 1.82) is 0 Å². The Morgan fingerprint density at radius 2 is 2.11 bits per heavy atom. The predicted octanol–water partition coefficient (Wildman–Crippen LogP) is 4.70. The molecule has 96 valence electrons. The molecule has 1 heterocycles. The maximum atomic E-state index is 6.19. The molecule has 0 spiro atoms. The number of benzene rings is 1. The van der Waals surface area contributed by atoms with E-state index in [1.807, 2.05) is 31.4 Å². The van der Waals surface area contributed by atoms with E-state index in [1.165, 1.54) is 0 Å². The first kappa shape index (κ1) is 13.8. The number of hydrogen-bond acceptors (Lipinski definition) is 3.